The number of hydrogen-bond donors (Lipinski definition) is 1. The number of carbonyl (C=O) groups excluding carboxylic acids is 1. The lowest BCUT2D eigenvalue weighted by molar-refractivity contribution is -0.167. The van der Waals surface area contributed by atoms with E-state index in [-0.39, 0.29) is 37.3 Å². The van der Waals surface area contributed by atoms with Gasteiger partial charge in [0.2, 0.25) is 0 Å². The zero-order valence-electron chi connectivity index (χ0n) is 22.1. The lowest BCUT2D eigenvalue weighted by Gasteiger charge is -2.37. The number of nitrogens with one attached hydrogen (secondary N) is 1. The fourth-order valence-corrected chi connectivity index (χ4v) is 6.88. The van der Waals surface area contributed by atoms with E-state index in [9.17, 15) is 9.59 Å². The van der Waals surface area contributed by atoms with Gasteiger partial charge in [-0.2, -0.15) is 4.98 Å². The number of carbonyl (C=O) groups is 1. The first-order valence-corrected chi connectivity index (χ1v) is 13.5. The molecule has 1 aromatic carbocycles. The Morgan fingerprint density at radius 3 is 2.63 bits per heavy atom. The lowest BCUT2D eigenvalue weighted by atomic mass is 10.0. The van der Waals surface area contributed by atoms with Gasteiger partial charge in [-0.3, -0.25) is 14.0 Å². The Balaban J connectivity index is 1.57. The minimum Gasteiger partial charge on any atom is -0.368 e. The first-order valence-electron chi connectivity index (χ1n) is 12.5. The monoisotopic (exact) mass is 503 g/mol. The van der Waals surface area contributed by atoms with Crippen LogP contribution in [-0.4, -0.2) is 63.3 Å². The van der Waals surface area contributed by atoms with Gasteiger partial charge in [0.05, 0.1) is 6.61 Å². The quantitative estimate of drug-likeness (QED) is 0.546. The summed E-state index contributed by atoms with van der Waals surface area (Å²) in [5, 5.41) is 2.71. The van der Waals surface area contributed by atoms with Crippen molar-refractivity contribution in [2.45, 2.75) is 77.6 Å². The van der Waals surface area contributed by atoms with Crippen LogP contribution in [0.5, 0.6) is 0 Å². The van der Waals surface area contributed by atoms with Crippen molar-refractivity contribution in [3.8, 4) is 0 Å². The second kappa shape index (κ2) is 10.1. The number of ether oxygens (including phenoxy) is 2. The normalized spacial score (nSPS) is 27.0. The highest BCUT2D eigenvalue weighted by atomic mass is 31.2. The van der Waals surface area contributed by atoms with Gasteiger partial charge < -0.3 is 19.3 Å². The third-order valence-electron chi connectivity index (χ3n) is 6.30. The molecule has 1 aromatic heterocycles. The Kier molecular flexibility index (Phi) is 7.06. The molecule has 2 saturated heterocycles. The summed E-state index contributed by atoms with van der Waals surface area (Å²) in [6.45, 7) is 12.5. The van der Waals surface area contributed by atoms with Gasteiger partial charge in [0.15, 0.2) is 6.23 Å². The largest absolute Gasteiger partial charge is 0.368 e. The molecule has 5 atom stereocenters. The van der Waals surface area contributed by atoms with Crippen molar-refractivity contribution in [2.24, 2.45) is 0 Å². The minimum atomic E-state index is -0.984. The Hall–Kier alpha value is -2.16. The first-order chi connectivity index (χ1) is 17.1. The second-order valence-corrected chi connectivity index (χ2v) is 11.3. The van der Waals surface area contributed by atoms with Crippen molar-refractivity contribution in [3.63, 3.8) is 0 Å². The van der Waals surface area contributed by atoms with Crippen molar-refractivity contribution < 1.29 is 20.2 Å². The molecule has 1 N–H and O–H groups in total. The standard InChI is InChI=1S/C25H35N4O5P/c1-15(2)29(16(3)4)35(7)34-20-19-23(33-25(20,6)14-32-19)28-13-17(5)21(27-24(28)31)26-22(30)18-11-9-8-10-12-18/h8-13,15-16,19-20,23H,14H2,1-7H3,(H,26,27,30,31)/t19-,20?,23+,25+,35?/m0/s1/i6D. The summed E-state index contributed by atoms with van der Waals surface area (Å²) in [5.74, 6) is -0.153. The van der Waals surface area contributed by atoms with Gasteiger partial charge in [-0.25, -0.2) is 4.79 Å². The van der Waals surface area contributed by atoms with Crippen molar-refractivity contribution in [3.05, 3.63) is 58.1 Å². The van der Waals surface area contributed by atoms with Crippen molar-refractivity contribution in [1.82, 2.24) is 14.2 Å². The molecule has 10 heteroatoms. The van der Waals surface area contributed by atoms with Crippen LogP contribution in [0.4, 0.5) is 5.82 Å². The second-order valence-electron chi connectivity index (χ2n) is 9.69. The molecule has 4 rings (SSSR count). The predicted molar refractivity (Wildman–Crippen MR) is 136 cm³/mol. The van der Waals surface area contributed by atoms with Gasteiger partial charge in [-0.05, 0) is 60.3 Å². The summed E-state index contributed by atoms with van der Waals surface area (Å²) >= 11 is 0. The summed E-state index contributed by atoms with van der Waals surface area (Å²) in [4.78, 5) is 29.7. The van der Waals surface area contributed by atoms with E-state index in [2.05, 4.69) is 49.3 Å². The lowest BCUT2D eigenvalue weighted by Crippen LogP contribution is -2.40. The molecule has 0 radical (unpaired) electrons. The van der Waals surface area contributed by atoms with Gasteiger partial charge >= 0.3 is 5.69 Å². The smallest absolute Gasteiger partial charge is 0.351 e. The summed E-state index contributed by atoms with van der Waals surface area (Å²) in [6, 6.07) is 9.32. The number of nitrogens with zero attached hydrogens (tertiary/aromatic N) is 3. The SMILES string of the molecule is [2H]C[C@@]12CO[C@@H](C1OP(C)N(C(C)C)C(C)C)[C@H](n1cc(C)c(NC(=O)c3ccccc3)nc1=O)O2. The van der Waals surface area contributed by atoms with Crippen molar-refractivity contribution in [1.29, 1.82) is 0 Å². The number of aromatic nitrogens is 2. The number of fused-ring (bicyclic) bond motifs is 2. The van der Waals surface area contributed by atoms with E-state index in [1.54, 1.807) is 37.4 Å². The number of anilines is 1. The van der Waals surface area contributed by atoms with E-state index in [1.807, 2.05) is 6.07 Å². The molecular formula is C25H35N4O5P. The van der Waals surface area contributed by atoms with Crippen LogP contribution in [0.3, 0.4) is 0 Å². The Bertz CT molecular complexity index is 1140. The molecule has 2 aromatic rings. The molecule has 35 heavy (non-hydrogen) atoms. The molecule has 0 aliphatic carbocycles. The maximum atomic E-state index is 13.1. The molecule has 2 fully saturated rings. The Labute approximate surface area is 209 Å². The zero-order chi connectivity index (χ0) is 26.2. The first kappa shape index (κ1) is 24.5. The number of rotatable bonds is 8. The summed E-state index contributed by atoms with van der Waals surface area (Å²) in [5.41, 5.74) is -0.461. The minimum absolute atomic E-state index is 0.0520. The van der Waals surface area contributed by atoms with Gasteiger partial charge in [0.1, 0.15) is 31.9 Å². The molecule has 0 saturated carbocycles. The van der Waals surface area contributed by atoms with Crippen LogP contribution in [-0.2, 0) is 14.0 Å². The predicted octanol–water partition coefficient (Wildman–Crippen LogP) is 3.94. The van der Waals surface area contributed by atoms with Crippen LogP contribution in [0.2, 0.25) is 0 Å². The van der Waals surface area contributed by atoms with Gasteiger partial charge in [0, 0.05) is 30.8 Å². The highest BCUT2D eigenvalue weighted by Crippen LogP contribution is 2.52. The molecule has 190 valence electrons. The highest BCUT2D eigenvalue weighted by Gasteiger charge is 2.61. The van der Waals surface area contributed by atoms with Crippen LogP contribution in [0.25, 0.3) is 0 Å². The average molecular weight is 504 g/mol. The molecule has 0 spiro atoms. The topological polar surface area (TPSA) is 94.9 Å². The molecule has 1 amide bonds. The van der Waals surface area contributed by atoms with Crippen LogP contribution in [0.15, 0.2) is 41.3 Å². The molecule has 2 unspecified atom stereocenters. The number of aryl methyl sites for hydroxylation is 1. The van der Waals surface area contributed by atoms with Gasteiger partial charge in [-0.1, -0.05) is 18.2 Å². The van der Waals surface area contributed by atoms with E-state index in [0.717, 1.165) is 0 Å². The third-order valence-corrected chi connectivity index (χ3v) is 8.41. The zero-order valence-corrected chi connectivity index (χ0v) is 22.0. The molecule has 3 heterocycles. The fourth-order valence-electron chi connectivity index (χ4n) is 4.83. The Morgan fingerprint density at radius 1 is 1.31 bits per heavy atom. The molecular weight excluding hydrogens is 467 g/mol. The van der Waals surface area contributed by atoms with Crippen LogP contribution >= 0.6 is 8.30 Å². The van der Waals surface area contributed by atoms with E-state index in [0.29, 0.717) is 11.1 Å². The number of benzene rings is 1. The fraction of sp³-hybridized carbons (Fsp3) is 0.560. The summed E-state index contributed by atoms with van der Waals surface area (Å²) in [6.07, 6.45) is -0.199. The van der Waals surface area contributed by atoms with Gasteiger partial charge in [0.25, 0.3) is 5.91 Å². The number of hydrogen-bond acceptors (Lipinski definition) is 7. The van der Waals surface area contributed by atoms with Gasteiger partial charge in [-0.15, -0.1) is 0 Å². The van der Waals surface area contributed by atoms with E-state index in [4.69, 9.17) is 15.4 Å². The maximum Gasteiger partial charge on any atom is 0.351 e. The van der Waals surface area contributed by atoms with Crippen molar-refractivity contribution >= 4 is 20.0 Å². The number of amides is 1. The van der Waals surface area contributed by atoms with Crippen LogP contribution in [0.1, 0.15) is 58.1 Å². The van der Waals surface area contributed by atoms with Crippen LogP contribution in [0, 0.1) is 6.92 Å². The molecule has 2 aliphatic rings. The maximum absolute atomic E-state index is 13.1. The molecule has 2 aliphatic heterocycles. The van der Waals surface area contributed by atoms with E-state index >= 15 is 0 Å². The molecule has 2 bridgehead atoms. The highest BCUT2D eigenvalue weighted by molar-refractivity contribution is 7.49. The van der Waals surface area contributed by atoms with Crippen molar-refractivity contribution in [2.75, 3.05) is 18.6 Å². The van der Waals surface area contributed by atoms with E-state index < -0.39 is 38.0 Å². The summed E-state index contributed by atoms with van der Waals surface area (Å²) in [7, 11) is -0.984. The Morgan fingerprint density at radius 2 is 2.00 bits per heavy atom. The van der Waals surface area contributed by atoms with E-state index in [1.165, 1.54) is 4.57 Å². The summed E-state index contributed by atoms with van der Waals surface area (Å²) < 4.78 is 30.8. The third kappa shape index (κ3) is 5.06. The molecule has 9 nitrogen and oxygen atoms in total. The van der Waals surface area contributed by atoms with Crippen LogP contribution < -0.4 is 11.0 Å². The average Bonchev–Trinajstić information content (AvgIpc) is 3.33.